The van der Waals surface area contributed by atoms with Gasteiger partial charge in [-0.25, -0.2) is 4.39 Å². The van der Waals surface area contributed by atoms with Gasteiger partial charge in [0.25, 0.3) is 5.91 Å². The molecular formula is C13H9F3N2O2. The van der Waals surface area contributed by atoms with Gasteiger partial charge in [0, 0.05) is 0 Å². The molecule has 0 fully saturated rings. The molecule has 0 unspecified atom stereocenters. The van der Waals surface area contributed by atoms with Crippen molar-refractivity contribution in [2.75, 3.05) is 12.4 Å². The smallest absolute Gasteiger partial charge is 0.262 e. The minimum atomic E-state index is -1.20. The number of nitrogens with zero attached hydrogens (tertiary/aromatic N) is 1. The number of anilines is 1. The van der Waals surface area contributed by atoms with E-state index in [1.807, 2.05) is 0 Å². The van der Waals surface area contributed by atoms with Gasteiger partial charge in [0.2, 0.25) is 11.9 Å². The lowest BCUT2D eigenvalue weighted by atomic mass is 10.1. The van der Waals surface area contributed by atoms with Crippen LogP contribution in [-0.2, 0) is 0 Å². The van der Waals surface area contributed by atoms with Crippen LogP contribution in [0.15, 0.2) is 30.3 Å². The molecule has 20 heavy (non-hydrogen) atoms. The van der Waals surface area contributed by atoms with E-state index in [0.29, 0.717) is 0 Å². The summed E-state index contributed by atoms with van der Waals surface area (Å²) < 4.78 is 44.5. The maximum Gasteiger partial charge on any atom is 0.262 e. The fraction of sp³-hybridized carbons (Fsp3) is 0.0769. The molecule has 0 aliphatic rings. The second kappa shape index (κ2) is 5.60. The van der Waals surface area contributed by atoms with Crippen LogP contribution in [0.2, 0.25) is 0 Å². The van der Waals surface area contributed by atoms with Gasteiger partial charge in [-0.1, -0.05) is 6.07 Å². The molecule has 0 bridgehead atoms. The number of aromatic nitrogens is 1. The van der Waals surface area contributed by atoms with Gasteiger partial charge in [-0.05, 0) is 24.3 Å². The van der Waals surface area contributed by atoms with Gasteiger partial charge in [-0.15, -0.1) is 0 Å². The molecule has 0 spiro atoms. The molecule has 2 aromatic rings. The Morgan fingerprint density at radius 1 is 1.20 bits per heavy atom. The third-order valence-corrected chi connectivity index (χ3v) is 2.49. The fourth-order valence-electron chi connectivity index (χ4n) is 1.58. The maximum absolute atomic E-state index is 13.6. The summed E-state index contributed by atoms with van der Waals surface area (Å²) in [5, 5.41) is 2.11. The fourth-order valence-corrected chi connectivity index (χ4v) is 1.58. The number of benzene rings is 1. The first kappa shape index (κ1) is 13.9. The standard InChI is InChI=1S/C13H9F3N2O2/c1-20-9-4-2-3-7(14)11(9)13(19)17-8-5-6-10(15)18-12(8)16/h2-6H,1H3,(H,17,19). The van der Waals surface area contributed by atoms with Crippen LogP contribution in [0.25, 0.3) is 0 Å². The first-order valence-corrected chi connectivity index (χ1v) is 5.49. The van der Waals surface area contributed by atoms with E-state index in [4.69, 9.17) is 4.74 Å². The molecule has 0 saturated carbocycles. The monoisotopic (exact) mass is 282 g/mol. The van der Waals surface area contributed by atoms with Gasteiger partial charge in [-0.3, -0.25) is 4.79 Å². The molecule has 4 nitrogen and oxygen atoms in total. The highest BCUT2D eigenvalue weighted by Crippen LogP contribution is 2.23. The van der Waals surface area contributed by atoms with E-state index >= 15 is 0 Å². The van der Waals surface area contributed by atoms with Gasteiger partial charge >= 0.3 is 0 Å². The van der Waals surface area contributed by atoms with Crippen molar-refractivity contribution in [3.05, 3.63) is 53.6 Å². The Morgan fingerprint density at radius 2 is 1.95 bits per heavy atom. The predicted molar refractivity (Wildman–Crippen MR) is 65.1 cm³/mol. The van der Waals surface area contributed by atoms with Crippen molar-refractivity contribution in [3.63, 3.8) is 0 Å². The molecule has 0 aliphatic carbocycles. The minimum absolute atomic E-state index is 0.00187. The van der Waals surface area contributed by atoms with Crippen LogP contribution >= 0.6 is 0 Å². The van der Waals surface area contributed by atoms with E-state index < -0.39 is 23.6 Å². The van der Waals surface area contributed by atoms with Crippen LogP contribution in [0.4, 0.5) is 18.9 Å². The van der Waals surface area contributed by atoms with Crippen LogP contribution in [0.5, 0.6) is 5.75 Å². The number of halogens is 3. The Labute approximate surface area is 112 Å². The number of methoxy groups -OCH3 is 1. The highest BCUT2D eigenvalue weighted by molar-refractivity contribution is 6.06. The van der Waals surface area contributed by atoms with Crippen molar-refractivity contribution >= 4 is 11.6 Å². The van der Waals surface area contributed by atoms with Crippen molar-refractivity contribution in [3.8, 4) is 5.75 Å². The molecule has 1 aromatic heterocycles. The topological polar surface area (TPSA) is 51.2 Å². The van der Waals surface area contributed by atoms with Crippen LogP contribution in [0.1, 0.15) is 10.4 Å². The molecule has 104 valence electrons. The summed E-state index contributed by atoms with van der Waals surface area (Å²) in [4.78, 5) is 14.8. The first-order chi connectivity index (χ1) is 9.52. The summed E-state index contributed by atoms with van der Waals surface area (Å²) >= 11 is 0. The lowest BCUT2D eigenvalue weighted by molar-refractivity contribution is 0.101. The van der Waals surface area contributed by atoms with E-state index in [-0.39, 0.29) is 17.0 Å². The number of carbonyl (C=O) groups excluding carboxylic acids is 1. The minimum Gasteiger partial charge on any atom is -0.496 e. The quantitative estimate of drug-likeness (QED) is 0.881. The molecule has 7 heteroatoms. The SMILES string of the molecule is COc1cccc(F)c1C(=O)Nc1ccc(F)nc1F. The highest BCUT2D eigenvalue weighted by Gasteiger charge is 2.19. The van der Waals surface area contributed by atoms with Gasteiger partial charge in [0.15, 0.2) is 0 Å². The van der Waals surface area contributed by atoms with Gasteiger partial charge in [0.05, 0.1) is 12.8 Å². The normalized spacial score (nSPS) is 10.2. The molecule has 1 N–H and O–H groups in total. The van der Waals surface area contributed by atoms with Crippen LogP contribution in [0.3, 0.4) is 0 Å². The second-order valence-electron chi connectivity index (χ2n) is 3.74. The third kappa shape index (κ3) is 2.71. The van der Waals surface area contributed by atoms with Gasteiger partial charge in [-0.2, -0.15) is 13.8 Å². The Balaban J connectivity index is 2.33. The number of amides is 1. The predicted octanol–water partition coefficient (Wildman–Crippen LogP) is 2.76. The molecule has 1 heterocycles. The van der Waals surface area contributed by atoms with E-state index in [1.54, 1.807) is 0 Å². The van der Waals surface area contributed by atoms with Gasteiger partial charge in [0.1, 0.15) is 17.1 Å². The summed E-state index contributed by atoms with van der Waals surface area (Å²) in [5.74, 6) is -3.97. The lowest BCUT2D eigenvalue weighted by Gasteiger charge is -2.10. The van der Waals surface area contributed by atoms with E-state index in [2.05, 4.69) is 10.3 Å². The van der Waals surface area contributed by atoms with E-state index in [9.17, 15) is 18.0 Å². The highest BCUT2D eigenvalue weighted by atomic mass is 19.1. The lowest BCUT2D eigenvalue weighted by Crippen LogP contribution is -2.16. The average Bonchev–Trinajstić information content (AvgIpc) is 2.41. The maximum atomic E-state index is 13.6. The summed E-state index contributed by atoms with van der Waals surface area (Å²) in [5.41, 5.74) is -0.736. The van der Waals surface area contributed by atoms with Crippen LogP contribution in [-0.4, -0.2) is 18.0 Å². The number of ether oxygens (including phenoxy) is 1. The molecule has 0 saturated heterocycles. The number of nitrogens with one attached hydrogen (secondary N) is 1. The van der Waals surface area contributed by atoms with Crippen molar-refractivity contribution in [1.29, 1.82) is 0 Å². The number of hydrogen-bond donors (Lipinski definition) is 1. The Hall–Kier alpha value is -2.57. The summed E-state index contributed by atoms with van der Waals surface area (Å²) in [7, 11) is 1.27. The van der Waals surface area contributed by atoms with Crippen LogP contribution < -0.4 is 10.1 Å². The van der Waals surface area contributed by atoms with Crippen molar-refractivity contribution < 1.29 is 22.7 Å². The number of hydrogen-bond acceptors (Lipinski definition) is 3. The number of pyridine rings is 1. The Kier molecular flexibility index (Phi) is 3.88. The molecule has 0 aliphatic heterocycles. The Morgan fingerprint density at radius 3 is 2.60 bits per heavy atom. The van der Waals surface area contributed by atoms with Crippen LogP contribution in [0, 0.1) is 17.7 Å². The van der Waals surface area contributed by atoms with E-state index in [1.165, 1.54) is 19.2 Å². The Bertz CT molecular complexity index is 662. The zero-order valence-electron chi connectivity index (χ0n) is 10.3. The summed E-state index contributed by atoms with van der Waals surface area (Å²) in [6.07, 6.45) is 0. The molecule has 0 radical (unpaired) electrons. The molecule has 0 atom stereocenters. The van der Waals surface area contributed by atoms with Crippen molar-refractivity contribution in [2.45, 2.75) is 0 Å². The summed E-state index contributed by atoms with van der Waals surface area (Å²) in [6.45, 7) is 0. The number of rotatable bonds is 3. The van der Waals surface area contributed by atoms with Crippen molar-refractivity contribution in [1.82, 2.24) is 4.98 Å². The third-order valence-electron chi connectivity index (χ3n) is 2.49. The first-order valence-electron chi connectivity index (χ1n) is 5.49. The zero-order chi connectivity index (χ0) is 14.7. The second-order valence-corrected chi connectivity index (χ2v) is 3.74. The molecule has 1 amide bonds. The van der Waals surface area contributed by atoms with E-state index in [0.717, 1.165) is 18.2 Å². The largest absolute Gasteiger partial charge is 0.496 e. The molecule has 2 rings (SSSR count). The summed E-state index contributed by atoms with van der Waals surface area (Å²) in [6, 6.07) is 5.68. The average molecular weight is 282 g/mol. The molecular weight excluding hydrogens is 273 g/mol. The van der Waals surface area contributed by atoms with Crippen molar-refractivity contribution in [2.24, 2.45) is 0 Å². The molecule has 1 aromatic carbocycles. The van der Waals surface area contributed by atoms with Gasteiger partial charge < -0.3 is 10.1 Å². The number of carbonyl (C=O) groups is 1. The zero-order valence-corrected chi connectivity index (χ0v) is 10.3.